The number of pyridine rings is 1. The van der Waals surface area contributed by atoms with Gasteiger partial charge in [-0.25, -0.2) is 0 Å². The van der Waals surface area contributed by atoms with Crippen LogP contribution < -0.4 is 0 Å². The fourth-order valence-electron chi connectivity index (χ4n) is 2.00. The Labute approximate surface area is 113 Å². The second-order valence-electron chi connectivity index (χ2n) is 4.55. The minimum Gasteiger partial charge on any atom is -0.466 e. The number of hydrogen-bond donors (Lipinski definition) is 0. The summed E-state index contributed by atoms with van der Waals surface area (Å²) >= 11 is 0. The molecule has 0 radical (unpaired) electrons. The third kappa shape index (κ3) is 3.78. The summed E-state index contributed by atoms with van der Waals surface area (Å²) < 4.78 is 5.15. The number of benzene rings is 1. The highest BCUT2D eigenvalue weighted by Gasteiger charge is 2.07. The predicted molar refractivity (Wildman–Crippen MR) is 75.9 cm³/mol. The Morgan fingerprint density at radius 1 is 1.26 bits per heavy atom. The zero-order valence-electron chi connectivity index (χ0n) is 11.3. The summed E-state index contributed by atoms with van der Waals surface area (Å²) in [5, 5.41) is 2.28. The molecule has 0 atom stereocenters. The van der Waals surface area contributed by atoms with E-state index in [0.717, 1.165) is 29.3 Å². The first-order chi connectivity index (χ1) is 9.31. The topological polar surface area (TPSA) is 39.2 Å². The molecule has 1 heterocycles. The van der Waals surface area contributed by atoms with Gasteiger partial charge in [-0.05, 0) is 17.9 Å². The first-order valence-corrected chi connectivity index (χ1v) is 6.79. The normalized spacial score (nSPS) is 10.6. The summed E-state index contributed by atoms with van der Waals surface area (Å²) in [5.74, 6) is -0.136. The molecule has 3 heteroatoms. The molecular formula is C16H19NO2. The van der Waals surface area contributed by atoms with E-state index in [1.54, 1.807) is 6.20 Å². The second kappa shape index (κ2) is 6.88. The van der Waals surface area contributed by atoms with Crippen molar-refractivity contribution in [3.8, 4) is 0 Å². The van der Waals surface area contributed by atoms with E-state index in [1.165, 1.54) is 0 Å². The lowest BCUT2D eigenvalue weighted by molar-refractivity contribution is -0.143. The summed E-state index contributed by atoms with van der Waals surface area (Å²) in [6.45, 7) is 2.60. The minimum absolute atomic E-state index is 0.136. The van der Waals surface area contributed by atoms with Crippen LogP contribution in [0.2, 0.25) is 0 Å². The zero-order chi connectivity index (χ0) is 13.5. The summed E-state index contributed by atoms with van der Waals surface area (Å²) in [5.41, 5.74) is 0.963. The lowest BCUT2D eigenvalue weighted by atomic mass is 10.1. The third-order valence-electron chi connectivity index (χ3n) is 3.08. The summed E-state index contributed by atoms with van der Waals surface area (Å²) in [4.78, 5) is 15.9. The van der Waals surface area contributed by atoms with Crippen molar-refractivity contribution in [2.75, 3.05) is 6.61 Å². The van der Waals surface area contributed by atoms with Gasteiger partial charge in [0.25, 0.3) is 0 Å². The molecule has 0 spiro atoms. The van der Waals surface area contributed by atoms with E-state index >= 15 is 0 Å². The SMILES string of the molecule is CCCCOC(=O)CCc1nccc2ccccc12. The number of carbonyl (C=O) groups is 1. The standard InChI is InChI=1S/C16H19NO2/c1-2-3-12-19-16(18)9-8-15-14-7-5-4-6-13(14)10-11-17-15/h4-7,10-11H,2-3,8-9,12H2,1H3. The zero-order valence-corrected chi connectivity index (χ0v) is 11.3. The highest BCUT2D eigenvalue weighted by Crippen LogP contribution is 2.17. The fraction of sp³-hybridized carbons (Fsp3) is 0.375. The van der Waals surface area contributed by atoms with Gasteiger partial charge in [0.15, 0.2) is 0 Å². The number of esters is 1. The summed E-state index contributed by atoms with van der Waals surface area (Å²) in [6.07, 6.45) is 4.79. The van der Waals surface area contributed by atoms with Crippen LogP contribution in [0.25, 0.3) is 10.8 Å². The number of rotatable bonds is 6. The minimum atomic E-state index is -0.136. The maximum absolute atomic E-state index is 11.6. The van der Waals surface area contributed by atoms with Gasteiger partial charge in [0, 0.05) is 23.7 Å². The number of unbranched alkanes of at least 4 members (excludes halogenated alkanes) is 1. The third-order valence-corrected chi connectivity index (χ3v) is 3.08. The average molecular weight is 257 g/mol. The van der Waals surface area contributed by atoms with E-state index in [4.69, 9.17) is 4.74 Å². The van der Waals surface area contributed by atoms with Gasteiger partial charge in [-0.3, -0.25) is 9.78 Å². The number of nitrogens with zero attached hydrogens (tertiary/aromatic N) is 1. The van der Waals surface area contributed by atoms with Crippen molar-refractivity contribution >= 4 is 16.7 Å². The molecule has 0 saturated carbocycles. The lowest BCUT2D eigenvalue weighted by Gasteiger charge is -2.06. The van der Waals surface area contributed by atoms with Gasteiger partial charge in [0.2, 0.25) is 0 Å². The van der Waals surface area contributed by atoms with Crippen LogP contribution in [0.15, 0.2) is 36.5 Å². The molecule has 0 N–H and O–H groups in total. The van der Waals surface area contributed by atoms with Gasteiger partial charge in [-0.2, -0.15) is 0 Å². The Hall–Kier alpha value is -1.90. The van der Waals surface area contributed by atoms with Crippen molar-refractivity contribution in [2.24, 2.45) is 0 Å². The fourth-order valence-corrected chi connectivity index (χ4v) is 2.00. The first kappa shape index (κ1) is 13.5. The van der Waals surface area contributed by atoms with Crippen LogP contribution in [0.1, 0.15) is 31.9 Å². The van der Waals surface area contributed by atoms with Crippen molar-refractivity contribution in [1.82, 2.24) is 4.98 Å². The Kier molecular flexibility index (Phi) is 4.90. The molecule has 1 aromatic heterocycles. The molecular weight excluding hydrogens is 238 g/mol. The van der Waals surface area contributed by atoms with Crippen LogP contribution in [0.4, 0.5) is 0 Å². The van der Waals surface area contributed by atoms with Gasteiger partial charge >= 0.3 is 5.97 Å². The van der Waals surface area contributed by atoms with Crippen LogP contribution in [0.5, 0.6) is 0 Å². The van der Waals surface area contributed by atoms with Crippen molar-refractivity contribution in [1.29, 1.82) is 0 Å². The number of aromatic nitrogens is 1. The van der Waals surface area contributed by atoms with Crippen molar-refractivity contribution in [2.45, 2.75) is 32.6 Å². The highest BCUT2D eigenvalue weighted by molar-refractivity contribution is 5.84. The van der Waals surface area contributed by atoms with Crippen molar-refractivity contribution < 1.29 is 9.53 Å². The predicted octanol–water partition coefficient (Wildman–Crippen LogP) is 3.51. The first-order valence-electron chi connectivity index (χ1n) is 6.79. The molecule has 0 aliphatic heterocycles. The molecule has 19 heavy (non-hydrogen) atoms. The Morgan fingerprint density at radius 3 is 2.95 bits per heavy atom. The van der Waals surface area contributed by atoms with Crippen LogP contribution in [-0.4, -0.2) is 17.6 Å². The Morgan fingerprint density at radius 2 is 2.11 bits per heavy atom. The quantitative estimate of drug-likeness (QED) is 0.587. The van der Waals surface area contributed by atoms with E-state index in [-0.39, 0.29) is 5.97 Å². The molecule has 3 nitrogen and oxygen atoms in total. The maximum Gasteiger partial charge on any atom is 0.306 e. The number of ether oxygens (including phenoxy) is 1. The van der Waals surface area contributed by atoms with Gasteiger partial charge in [-0.1, -0.05) is 37.6 Å². The van der Waals surface area contributed by atoms with E-state index in [0.29, 0.717) is 19.4 Å². The second-order valence-corrected chi connectivity index (χ2v) is 4.55. The summed E-state index contributed by atoms with van der Waals surface area (Å²) in [7, 11) is 0. The molecule has 2 rings (SSSR count). The van der Waals surface area contributed by atoms with Gasteiger partial charge < -0.3 is 4.74 Å². The van der Waals surface area contributed by atoms with Crippen LogP contribution in [0, 0.1) is 0 Å². The van der Waals surface area contributed by atoms with Gasteiger partial charge in [-0.15, -0.1) is 0 Å². The molecule has 0 unspecified atom stereocenters. The van der Waals surface area contributed by atoms with Crippen LogP contribution >= 0.6 is 0 Å². The molecule has 0 bridgehead atoms. The highest BCUT2D eigenvalue weighted by atomic mass is 16.5. The van der Waals surface area contributed by atoms with E-state index in [9.17, 15) is 4.79 Å². The van der Waals surface area contributed by atoms with Gasteiger partial charge in [0.05, 0.1) is 13.0 Å². The number of carbonyl (C=O) groups excluding carboxylic acids is 1. The lowest BCUT2D eigenvalue weighted by Crippen LogP contribution is -2.07. The van der Waals surface area contributed by atoms with Crippen LogP contribution in [0.3, 0.4) is 0 Å². The smallest absolute Gasteiger partial charge is 0.306 e. The number of fused-ring (bicyclic) bond motifs is 1. The molecule has 0 saturated heterocycles. The van der Waals surface area contributed by atoms with E-state index < -0.39 is 0 Å². The molecule has 0 fully saturated rings. The molecule has 1 aromatic carbocycles. The van der Waals surface area contributed by atoms with Gasteiger partial charge in [0.1, 0.15) is 0 Å². The molecule has 0 aliphatic carbocycles. The Bertz CT molecular complexity index is 546. The number of hydrogen-bond acceptors (Lipinski definition) is 3. The van der Waals surface area contributed by atoms with Crippen LogP contribution in [-0.2, 0) is 16.0 Å². The molecule has 2 aromatic rings. The van der Waals surface area contributed by atoms with Crippen molar-refractivity contribution in [3.05, 3.63) is 42.2 Å². The van der Waals surface area contributed by atoms with Crippen molar-refractivity contribution in [3.63, 3.8) is 0 Å². The average Bonchev–Trinajstić information content (AvgIpc) is 2.45. The Balaban J connectivity index is 1.96. The molecule has 100 valence electrons. The summed E-state index contributed by atoms with van der Waals surface area (Å²) in [6, 6.07) is 10.1. The number of aryl methyl sites for hydroxylation is 1. The largest absolute Gasteiger partial charge is 0.466 e. The van der Waals surface area contributed by atoms with E-state index in [1.807, 2.05) is 24.3 Å². The molecule has 0 aliphatic rings. The maximum atomic E-state index is 11.6. The monoisotopic (exact) mass is 257 g/mol. The van der Waals surface area contributed by atoms with E-state index in [2.05, 4.69) is 18.0 Å². The molecule has 0 amide bonds.